The number of nitrogens with one attached hydrogen (secondary N) is 2. The Bertz CT molecular complexity index is 1150. The van der Waals surface area contributed by atoms with Crippen LogP contribution in [0, 0.1) is 6.92 Å². The van der Waals surface area contributed by atoms with Crippen molar-refractivity contribution in [1.82, 2.24) is 5.43 Å². The molecule has 33 heavy (non-hydrogen) atoms. The van der Waals surface area contributed by atoms with Gasteiger partial charge in [-0.15, -0.1) is 0 Å². The molecule has 0 aliphatic rings. The lowest BCUT2D eigenvalue weighted by Crippen LogP contribution is -2.18. The fraction of sp³-hybridized carbons (Fsp3) is 0.160. The zero-order valence-corrected chi connectivity index (χ0v) is 18.8. The minimum atomic E-state index is -0.393. The van der Waals surface area contributed by atoms with Crippen LogP contribution in [-0.2, 0) is 0 Å². The van der Waals surface area contributed by atoms with Crippen LogP contribution < -0.4 is 25.0 Å². The molecule has 0 fully saturated rings. The van der Waals surface area contributed by atoms with Gasteiger partial charge in [0.15, 0.2) is 11.5 Å². The van der Waals surface area contributed by atoms with Gasteiger partial charge in [0.2, 0.25) is 5.75 Å². The molecular weight excluding hydrogens is 422 g/mol. The minimum Gasteiger partial charge on any atom is -0.493 e. The van der Waals surface area contributed by atoms with E-state index in [0.29, 0.717) is 39.6 Å². The van der Waals surface area contributed by atoms with Gasteiger partial charge in [-0.3, -0.25) is 9.59 Å². The van der Waals surface area contributed by atoms with Crippen molar-refractivity contribution in [2.24, 2.45) is 5.10 Å². The maximum Gasteiger partial charge on any atom is 0.271 e. The third-order valence-corrected chi connectivity index (χ3v) is 4.86. The van der Waals surface area contributed by atoms with Gasteiger partial charge in [0.1, 0.15) is 0 Å². The first-order valence-corrected chi connectivity index (χ1v) is 10.1. The predicted molar refractivity (Wildman–Crippen MR) is 127 cm³/mol. The topological polar surface area (TPSA) is 98.2 Å². The summed E-state index contributed by atoms with van der Waals surface area (Å²) >= 11 is 0. The lowest BCUT2D eigenvalue weighted by Gasteiger charge is -2.12. The van der Waals surface area contributed by atoms with Crippen LogP contribution in [0.2, 0.25) is 0 Å². The second kappa shape index (κ2) is 10.8. The molecule has 2 amide bonds. The van der Waals surface area contributed by atoms with Crippen molar-refractivity contribution in [1.29, 1.82) is 0 Å². The van der Waals surface area contributed by atoms with Crippen LogP contribution in [-0.4, -0.2) is 39.4 Å². The normalized spacial score (nSPS) is 10.5. The Hall–Kier alpha value is -4.33. The summed E-state index contributed by atoms with van der Waals surface area (Å²) in [5, 5.41) is 6.82. The number of nitrogens with zero attached hydrogens (tertiary/aromatic N) is 1. The van der Waals surface area contributed by atoms with E-state index in [9.17, 15) is 9.59 Å². The quantitative estimate of drug-likeness (QED) is 0.401. The van der Waals surface area contributed by atoms with Gasteiger partial charge in [-0.2, -0.15) is 5.10 Å². The van der Waals surface area contributed by atoms with Crippen LogP contribution in [0.3, 0.4) is 0 Å². The Morgan fingerprint density at radius 2 is 1.48 bits per heavy atom. The van der Waals surface area contributed by atoms with Crippen LogP contribution in [0.4, 0.5) is 5.69 Å². The molecular formula is C25H25N3O5. The summed E-state index contributed by atoms with van der Waals surface area (Å²) in [7, 11) is 4.56. The Balaban J connectivity index is 1.64. The molecule has 0 aliphatic carbocycles. The van der Waals surface area contributed by atoms with E-state index in [1.807, 2.05) is 25.1 Å². The van der Waals surface area contributed by atoms with E-state index in [1.165, 1.54) is 27.5 Å². The van der Waals surface area contributed by atoms with Crippen LogP contribution in [0.15, 0.2) is 65.8 Å². The van der Waals surface area contributed by atoms with Crippen LogP contribution in [0.5, 0.6) is 17.2 Å². The van der Waals surface area contributed by atoms with E-state index in [4.69, 9.17) is 14.2 Å². The number of carbonyl (C=O) groups is 2. The second-order valence-corrected chi connectivity index (χ2v) is 7.00. The van der Waals surface area contributed by atoms with Crippen LogP contribution in [0.25, 0.3) is 0 Å². The average molecular weight is 447 g/mol. The van der Waals surface area contributed by atoms with E-state index < -0.39 is 5.91 Å². The summed E-state index contributed by atoms with van der Waals surface area (Å²) in [5.41, 5.74) is 5.59. The lowest BCUT2D eigenvalue weighted by atomic mass is 10.1. The fourth-order valence-corrected chi connectivity index (χ4v) is 3.14. The molecule has 0 heterocycles. The lowest BCUT2D eigenvalue weighted by molar-refractivity contribution is 0.0954. The molecule has 3 rings (SSSR count). The van der Waals surface area contributed by atoms with Gasteiger partial charge >= 0.3 is 0 Å². The number of hydrazone groups is 1. The summed E-state index contributed by atoms with van der Waals surface area (Å²) in [6.07, 6.45) is 1.47. The molecule has 3 aromatic rings. The molecule has 0 saturated carbocycles. The second-order valence-electron chi connectivity index (χ2n) is 7.00. The standard InChI is InChI=1S/C25H25N3O5/c1-16-7-5-6-8-20(16)25(30)27-19-11-9-18(10-12-19)24(29)28-26-15-17-13-21(31-2)23(33-4)22(14-17)32-3/h5-15H,1-4H3,(H,27,30)(H,28,29). The van der Waals surface area contributed by atoms with Crippen LogP contribution in [0.1, 0.15) is 31.8 Å². The Morgan fingerprint density at radius 1 is 0.848 bits per heavy atom. The third kappa shape index (κ3) is 5.68. The van der Waals surface area contributed by atoms with Crippen molar-refractivity contribution in [3.8, 4) is 17.2 Å². The minimum absolute atomic E-state index is 0.208. The summed E-state index contributed by atoms with van der Waals surface area (Å²) in [6.45, 7) is 1.88. The van der Waals surface area contributed by atoms with Gasteiger partial charge in [0.25, 0.3) is 11.8 Å². The first kappa shape index (κ1) is 23.3. The van der Waals surface area contributed by atoms with E-state index in [2.05, 4.69) is 15.8 Å². The van der Waals surface area contributed by atoms with Crippen molar-refractivity contribution < 1.29 is 23.8 Å². The largest absolute Gasteiger partial charge is 0.493 e. The number of methoxy groups -OCH3 is 3. The Labute approximate surface area is 192 Å². The molecule has 0 aliphatic heterocycles. The van der Waals surface area contributed by atoms with E-state index in [1.54, 1.807) is 42.5 Å². The number of hydrogen-bond acceptors (Lipinski definition) is 6. The van der Waals surface area contributed by atoms with Crippen LogP contribution >= 0.6 is 0 Å². The summed E-state index contributed by atoms with van der Waals surface area (Å²) < 4.78 is 15.9. The van der Waals surface area contributed by atoms with Crippen molar-refractivity contribution >= 4 is 23.7 Å². The molecule has 0 saturated heterocycles. The smallest absolute Gasteiger partial charge is 0.271 e. The number of ether oxygens (including phenoxy) is 3. The van der Waals surface area contributed by atoms with E-state index in [-0.39, 0.29) is 5.91 Å². The van der Waals surface area contributed by atoms with Gasteiger partial charge in [-0.25, -0.2) is 5.43 Å². The molecule has 0 spiro atoms. The van der Waals surface area contributed by atoms with Crippen molar-refractivity contribution in [3.63, 3.8) is 0 Å². The summed E-state index contributed by atoms with van der Waals surface area (Å²) in [6, 6.07) is 17.3. The molecule has 0 unspecified atom stereocenters. The molecule has 2 N–H and O–H groups in total. The highest BCUT2D eigenvalue weighted by molar-refractivity contribution is 6.05. The molecule has 170 valence electrons. The molecule has 0 atom stereocenters. The highest BCUT2D eigenvalue weighted by Gasteiger charge is 2.13. The number of rotatable bonds is 8. The molecule has 0 aromatic heterocycles. The maximum atomic E-state index is 12.4. The molecule has 0 bridgehead atoms. The highest BCUT2D eigenvalue weighted by atomic mass is 16.5. The van der Waals surface area contributed by atoms with Crippen molar-refractivity contribution in [2.75, 3.05) is 26.6 Å². The third-order valence-electron chi connectivity index (χ3n) is 4.86. The first-order chi connectivity index (χ1) is 16.0. The zero-order valence-electron chi connectivity index (χ0n) is 18.8. The van der Waals surface area contributed by atoms with Gasteiger partial charge in [0, 0.05) is 22.4 Å². The van der Waals surface area contributed by atoms with E-state index in [0.717, 1.165) is 5.56 Å². The highest BCUT2D eigenvalue weighted by Crippen LogP contribution is 2.37. The summed E-state index contributed by atoms with van der Waals surface area (Å²) in [4.78, 5) is 24.8. The van der Waals surface area contributed by atoms with Gasteiger partial charge in [0.05, 0.1) is 27.5 Å². The number of aryl methyl sites for hydroxylation is 1. The zero-order chi connectivity index (χ0) is 23.8. The maximum absolute atomic E-state index is 12.4. The average Bonchev–Trinajstić information content (AvgIpc) is 2.83. The number of amides is 2. The van der Waals surface area contributed by atoms with Gasteiger partial charge in [-0.1, -0.05) is 18.2 Å². The predicted octanol–water partition coefficient (Wildman–Crippen LogP) is 4.04. The number of benzene rings is 3. The van der Waals surface area contributed by atoms with Crippen molar-refractivity contribution in [2.45, 2.75) is 6.92 Å². The monoisotopic (exact) mass is 447 g/mol. The van der Waals surface area contributed by atoms with Gasteiger partial charge in [-0.05, 0) is 55.0 Å². The van der Waals surface area contributed by atoms with Crippen molar-refractivity contribution in [3.05, 3.63) is 82.9 Å². The SMILES string of the molecule is COc1cc(C=NNC(=O)c2ccc(NC(=O)c3ccccc3C)cc2)cc(OC)c1OC. The molecule has 8 nitrogen and oxygen atoms in total. The number of hydrogen-bond donors (Lipinski definition) is 2. The number of anilines is 1. The van der Waals surface area contributed by atoms with Gasteiger partial charge < -0.3 is 19.5 Å². The Morgan fingerprint density at radius 3 is 2.06 bits per heavy atom. The molecule has 0 radical (unpaired) electrons. The number of carbonyl (C=O) groups excluding carboxylic acids is 2. The molecule has 8 heteroatoms. The van der Waals surface area contributed by atoms with E-state index >= 15 is 0 Å². The first-order valence-electron chi connectivity index (χ1n) is 10.1. The Kier molecular flexibility index (Phi) is 7.64. The summed E-state index contributed by atoms with van der Waals surface area (Å²) in [5.74, 6) is 0.826. The fourth-order valence-electron chi connectivity index (χ4n) is 3.14. The molecule has 3 aromatic carbocycles.